The Kier molecular flexibility index (Phi) is 3.88. The van der Waals surface area contributed by atoms with Gasteiger partial charge in [0.15, 0.2) is 0 Å². The summed E-state index contributed by atoms with van der Waals surface area (Å²) >= 11 is 0. The zero-order valence-electron chi connectivity index (χ0n) is 11.9. The lowest BCUT2D eigenvalue weighted by molar-refractivity contribution is 0.173. The number of aromatic amines is 1. The van der Waals surface area contributed by atoms with E-state index in [1.807, 2.05) is 0 Å². The molecule has 0 amide bonds. The average molecular weight is 256 g/mol. The van der Waals surface area contributed by atoms with Gasteiger partial charge in [0.2, 0.25) is 0 Å². The van der Waals surface area contributed by atoms with Gasteiger partial charge in [0.25, 0.3) is 0 Å². The van der Waals surface area contributed by atoms with Crippen LogP contribution in [0.15, 0.2) is 30.5 Å². The molecule has 19 heavy (non-hydrogen) atoms. The first-order chi connectivity index (χ1) is 9.36. The van der Waals surface area contributed by atoms with Crippen molar-refractivity contribution in [1.82, 2.24) is 9.88 Å². The van der Waals surface area contributed by atoms with E-state index in [-0.39, 0.29) is 0 Å². The molecule has 0 saturated carbocycles. The summed E-state index contributed by atoms with van der Waals surface area (Å²) in [6, 6.07) is 8.62. The summed E-state index contributed by atoms with van der Waals surface area (Å²) in [4.78, 5) is 6.03. The van der Waals surface area contributed by atoms with E-state index in [0.29, 0.717) is 0 Å². The predicted octanol–water partition coefficient (Wildman–Crippen LogP) is 3.83. The third-order valence-corrected chi connectivity index (χ3v) is 4.55. The van der Waals surface area contributed by atoms with Crippen molar-refractivity contribution in [3.63, 3.8) is 0 Å². The number of rotatable bonds is 4. The highest BCUT2D eigenvalue weighted by Crippen LogP contribution is 2.21. The lowest BCUT2D eigenvalue weighted by Crippen LogP contribution is -2.36. The molecule has 2 heterocycles. The van der Waals surface area contributed by atoms with E-state index in [9.17, 15) is 0 Å². The van der Waals surface area contributed by atoms with Crippen LogP contribution in [0.1, 0.15) is 31.7 Å². The molecule has 2 aromatic rings. The fourth-order valence-corrected chi connectivity index (χ4v) is 3.30. The molecule has 1 aliphatic rings. The van der Waals surface area contributed by atoms with E-state index in [1.54, 1.807) is 0 Å². The summed E-state index contributed by atoms with van der Waals surface area (Å²) in [5.74, 6) is 0.928. The van der Waals surface area contributed by atoms with Crippen molar-refractivity contribution >= 4 is 10.9 Å². The molecule has 0 unspecified atom stereocenters. The van der Waals surface area contributed by atoms with Crippen molar-refractivity contribution in [2.75, 3.05) is 19.6 Å². The molecular formula is C17H24N2. The number of fused-ring (bicyclic) bond motifs is 1. The van der Waals surface area contributed by atoms with Gasteiger partial charge in [0, 0.05) is 30.2 Å². The maximum atomic E-state index is 3.38. The van der Waals surface area contributed by atoms with Gasteiger partial charge < -0.3 is 9.88 Å². The smallest absolute Gasteiger partial charge is 0.0456 e. The maximum absolute atomic E-state index is 3.38. The Bertz CT molecular complexity index is 529. The summed E-state index contributed by atoms with van der Waals surface area (Å²) in [5.41, 5.74) is 2.73. The van der Waals surface area contributed by atoms with Crippen molar-refractivity contribution in [2.45, 2.75) is 32.6 Å². The molecular weight excluding hydrogens is 232 g/mol. The quantitative estimate of drug-likeness (QED) is 0.880. The highest BCUT2D eigenvalue weighted by Gasteiger charge is 2.18. The largest absolute Gasteiger partial charge is 0.361 e. The number of piperidine rings is 1. The van der Waals surface area contributed by atoms with Crippen molar-refractivity contribution in [1.29, 1.82) is 0 Å². The number of H-pyrrole nitrogens is 1. The first kappa shape index (κ1) is 12.7. The van der Waals surface area contributed by atoms with E-state index in [0.717, 1.165) is 5.92 Å². The van der Waals surface area contributed by atoms with Gasteiger partial charge >= 0.3 is 0 Å². The lowest BCUT2D eigenvalue weighted by atomic mass is 9.95. The van der Waals surface area contributed by atoms with E-state index in [2.05, 4.69) is 47.3 Å². The lowest BCUT2D eigenvalue weighted by Gasteiger charge is -2.32. The van der Waals surface area contributed by atoms with Crippen LogP contribution in [0.5, 0.6) is 0 Å². The first-order valence-electron chi connectivity index (χ1n) is 7.64. The van der Waals surface area contributed by atoms with Crippen LogP contribution in [0.25, 0.3) is 10.9 Å². The summed E-state index contributed by atoms with van der Waals surface area (Å²) < 4.78 is 0. The monoisotopic (exact) mass is 256 g/mol. The Morgan fingerprint density at radius 1 is 1.32 bits per heavy atom. The molecule has 102 valence electrons. The zero-order valence-corrected chi connectivity index (χ0v) is 11.9. The number of para-hydroxylation sites is 1. The number of likely N-dealkylation sites (tertiary alicyclic amines) is 1. The molecule has 0 aliphatic carbocycles. The number of hydrogen-bond donors (Lipinski definition) is 1. The predicted molar refractivity (Wildman–Crippen MR) is 81.5 cm³/mol. The minimum Gasteiger partial charge on any atom is -0.361 e. The van der Waals surface area contributed by atoms with Crippen LogP contribution in [0, 0.1) is 5.92 Å². The van der Waals surface area contributed by atoms with Gasteiger partial charge in [-0.15, -0.1) is 0 Å². The number of nitrogens with one attached hydrogen (secondary N) is 1. The van der Waals surface area contributed by atoms with Gasteiger partial charge in [-0.25, -0.2) is 0 Å². The van der Waals surface area contributed by atoms with E-state index in [4.69, 9.17) is 0 Å². The number of nitrogens with zero attached hydrogens (tertiary/aromatic N) is 1. The summed E-state index contributed by atoms with van der Waals surface area (Å²) in [7, 11) is 0. The Hall–Kier alpha value is -1.28. The minimum atomic E-state index is 0.928. The molecule has 1 aliphatic heterocycles. The molecule has 3 rings (SSSR count). The standard InChI is InChI=1S/C17H24N2/c1-2-14-6-5-10-19(13-14)11-9-15-12-18-17-8-4-3-7-16(15)17/h3-4,7-8,12,14,18H,2,5-6,9-11,13H2,1H3/t14-/m0/s1. The first-order valence-corrected chi connectivity index (χ1v) is 7.64. The summed E-state index contributed by atoms with van der Waals surface area (Å²) in [5, 5.41) is 1.39. The number of benzene rings is 1. The Balaban J connectivity index is 1.63. The van der Waals surface area contributed by atoms with Crippen LogP contribution in [0.2, 0.25) is 0 Å². The second-order valence-electron chi connectivity index (χ2n) is 5.83. The molecule has 0 bridgehead atoms. The topological polar surface area (TPSA) is 19.0 Å². The van der Waals surface area contributed by atoms with Gasteiger partial charge in [0.1, 0.15) is 0 Å². The highest BCUT2D eigenvalue weighted by atomic mass is 15.1. The van der Waals surface area contributed by atoms with E-state index < -0.39 is 0 Å². The fourth-order valence-electron chi connectivity index (χ4n) is 3.30. The van der Waals surface area contributed by atoms with Crippen molar-refractivity contribution in [2.24, 2.45) is 5.92 Å². The van der Waals surface area contributed by atoms with Crippen molar-refractivity contribution < 1.29 is 0 Å². The van der Waals surface area contributed by atoms with Gasteiger partial charge in [-0.05, 0) is 43.4 Å². The van der Waals surface area contributed by atoms with Gasteiger partial charge in [-0.1, -0.05) is 31.5 Å². The number of hydrogen-bond acceptors (Lipinski definition) is 1. The third kappa shape index (κ3) is 2.84. The van der Waals surface area contributed by atoms with Crippen LogP contribution in [-0.2, 0) is 6.42 Å². The Morgan fingerprint density at radius 3 is 3.11 bits per heavy atom. The van der Waals surface area contributed by atoms with E-state index >= 15 is 0 Å². The molecule has 2 nitrogen and oxygen atoms in total. The molecule has 1 aromatic carbocycles. The Morgan fingerprint density at radius 2 is 2.21 bits per heavy atom. The average Bonchev–Trinajstić information content (AvgIpc) is 2.89. The second-order valence-corrected chi connectivity index (χ2v) is 5.83. The van der Waals surface area contributed by atoms with Crippen LogP contribution < -0.4 is 0 Å². The zero-order chi connectivity index (χ0) is 13.1. The molecule has 2 heteroatoms. The maximum Gasteiger partial charge on any atom is 0.0456 e. The third-order valence-electron chi connectivity index (χ3n) is 4.55. The summed E-state index contributed by atoms with van der Waals surface area (Å²) in [6.07, 6.45) is 7.50. The van der Waals surface area contributed by atoms with Crippen LogP contribution in [0.4, 0.5) is 0 Å². The number of aromatic nitrogens is 1. The van der Waals surface area contributed by atoms with Crippen LogP contribution in [-0.4, -0.2) is 29.5 Å². The van der Waals surface area contributed by atoms with Gasteiger partial charge in [0.05, 0.1) is 0 Å². The molecule has 0 spiro atoms. The Labute approximate surface area is 115 Å². The van der Waals surface area contributed by atoms with Crippen molar-refractivity contribution in [3.8, 4) is 0 Å². The van der Waals surface area contributed by atoms with Crippen molar-refractivity contribution in [3.05, 3.63) is 36.0 Å². The molecule has 1 atom stereocenters. The van der Waals surface area contributed by atoms with Crippen LogP contribution in [0.3, 0.4) is 0 Å². The fraction of sp³-hybridized carbons (Fsp3) is 0.529. The normalized spacial score (nSPS) is 21.0. The van der Waals surface area contributed by atoms with Gasteiger partial charge in [-0.3, -0.25) is 0 Å². The summed E-state index contributed by atoms with van der Waals surface area (Å²) in [6.45, 7) is 6.13. The molecule has 1 aromatic heterocycles. The van der Waals surface area contributed by atoms with Crippen LogP contribution >= 0.6 is 0 Å². The second kappa shape index (κ2) is 5.79. The van der Waals surface area contributed by atoms with Gasteiger partial charge in [-0.2, -0.15) is 0 Å². The highest BCUT2D eigenvalue weighted by molar-refractivity contribution is 5.83. The molecule has 1 N–H and O–H groups in total. The molecule has 1 saturated heterocycles. The molecule has 0 radical (unpaired) electrons. The molecule has 1 fully saturated rings. The SMILES string of the molecule is CC[C@H]1CCCN(CCc2c[nH]c3ccccc23)C1. The minimum absolute atomic E-state index is 0.928. The van der Waals surface area contributed by atoms with E-state index in [1.165, 1.54) is 61.8 Å².